The summed E-state index contributed by atoms with van der Waals surface area (Å²) >= 11 is 2.69. The van der Waals surface area contributed by atoms with Gasteiger partial charge in [-0.1, -0.05) is 0 Å². The molecule has 3 heterocycles. The zero-order chi connectivity index (χ0) is 12.0. The molecule has 1 saturated heterocycles. The van der Waals surface area contributed by atoms with Gasteiger partial charge in [0.2, 0.25) is 0 Å². The van der Waals surface area contributed by atoms with E-state index in [1.54, 1.807) is 17.4 Å². The predicted octanol–water partition coefficient (Wildman–Crippen LogP) is 1.84. The van der Waals surface area contributed by atoms with Gasteiger partial charge in [-0.25, -0.2) is 4.98 Å². The van der Waals surface area contributed by atoms with E-state index in [1.165, 1.54) is 0 Å². The number of nitrogens with one attached hydrogen (secondary N) is 2. The van der Waals surface area contributed by atoms with Crippen LogP contribution in [0.15, 0.2) is 16.5 Å². The molecule has 0 spiro atoms. The van der Waals surface area contributed by atoms with Gasteiger partial charge in [0.05, 0.1) is 16.3 Å². The van der Waals surface area contributed by atoms with Crippen LogP contribution in [-0.4, -0.2) is 20.5 Å². The first-order valence-electron chi connectivity index (χ1n) is 4.87. The van der Waals surface area contributed by atoms with Crippen LogP contribution < -0.4 is 5.32 Å². The Morgan fingerprint density at radius 3 is 3.12 bits per heavy atom. The third kappa shape index (κ3) is 1.67. The van der Waals surface area contributed by atoms with Gasteiger partial charge in [-0.3, -0.25) is 14.6 Å². The first kappa shape index (κ1) is 10.5. The molecule has 2 aromatic rings. The van der Waals surface area contributed by atoms with Gasteiger partial charge >= 0.3 is 0 Å². The maximum absolute atomic E-state index is 11.5. The Labute approximate surface area is 105 Å². The Morgan fingerprint density at radius 1 is 1.59 bits per heavy atom. The van der Waals surface area contributed by atoms with Crippen molar-refractivity contribution in [1.29, 1.82) is 5.41 Å². The lowest BCUT2D eigenvalue weighted by atomic mass is 10.3. The zero-order valence-corrected chi connectivity index (χ0v) is 10.5. The third-order valence-electron chi connectivity index (χ3n) is 2.41. The van der Waals surface area contributed by atoms with E-state index in [1.807, 2.05) is 22.9 Å². The summed E-state index contributed by atoms with van der Waals surface area (Å²) in [4.78, 5) is 17.4. The number of imidazole rings is 1. The second kappa shape index (κ2) is 3.71. The Hall–Kier alpha value is -1.60. The standard InChI is InChI=1S/C10H8N4OS2/c1-5-6(14-2-3-16-10(14)12-5)4-7-8(15)13-9(11)17-7/h2-4H,1H3,(H2,11,13,15)/b7-4-. The van der Waals surface area contributed by atoms with Gasteiger partial charge in [-0.2, -0.15) is 0 Å². The molecule has 0 saturated carbocycles. The van der Waals surface area contributed by atoms with Gasteiger partial charge in [0.15, 0.2) is 10.1 Å². The average Bonchev–Trinajstić information content (AvgIpc) is 2.88. The van der Waals surface area contributed by atoms with Gasteiger partial charge in [-0.05, 0) is 24.8 Å². The molecule has 0 aromatic carbocycles. The van der Waals surface area contributed by atoms with Crippen molar-refractivity contribution < 1.29 is 4.79 Å². The largest absolute Gasteiger partial charge is 0.301 e. The molecule has 86 valence electrons. The molecular formula is C10H8N4OS2. The monoisotopic (exact) mass is 264 g/mol. The second-order valence-electron chi connectivity index (χ2n) is 3.53. The van der Waals surface area contributed by atoms with E-state index in [4.69, 9.17) is 5.41 Å². The van der Waals surface area contributed by atoms with Crippen molar-refractivity contribution in [3.05, 3.63) is 27.9 Å². The smallest absolute Gasteiger partial charge is 0.264 e. The minimum Gasteiger partial charge on any atom is -0.301 e. The van der Waals surface area contributed by atoms with Crippen molar-refractivity contribution in [2.75, 3.05) is 0 Å². The van der Waals surface area contributed by atoms with Crippen LogP contribution in [0.1, 0.15) is 11.4 Å². The van der Waals surface area contributed by atoms with Crippen LogP contribution >= 0.6 is 23.1 Å². The predicted molar refractivity (Wildman–Crippen MR) is 69.2 cm³/mol. The Morgan fingerprint density at radius 2 is 2.41 bits per heavy atom. The average molecular weight is 264 g/mol. The summed E-state index contributed by atoms with van der Waals surface area (Å²) in [6, 6.07) is 0. The summed E-state index contributed by atoms with van der Waals surface area (Å²) in [5, 5.41) is 12.0. The van der Waals surface area contributed by atoms with Crippen molar-refractivity contribution in [1.82, 2.24) is 14.7 Å². The van der Waals surface area contributed by atoms with E-state index in [0.29, 0.717) is 4.91 Å². The van der Waals surface area contributed by atoms with E-state index in [-0.39, 0.29) is 11.1 Å². The molecule has 1 fully saturated rings. The van der Waals surface area contributed by atoms with Crippen molar-refractivity contribution in [2.24, 2.45) is 0 Å². The van der Waals surface area contributed by atoms with E-state index in [2.05, 4.69) is 10.3 Å². The summed E-state index contributed by atoms with van der Waals surface area (Å²) in [5.41, 5.74) is 1.78. The van der Waals surface area contributed by atoms with Gasteiger partial charge in [0.1, 0.15) is 0 Å². The van der Waals surface area contributed by atoms with Gasteiger partial charge in [0, 0.05) is 11.6 Å². The highest BCUT2D eigenvalue weighted by molar-refractivity contribution is 8.18. The number of hydrogen-bond donors (Lipinski definition) is 2. The maximum atomic E-state index is 11.5. The van der Waals surface area contributed by atoms with Gasteiger partial charge < -0.3 is 5.32 Å². The zero-order valence-electron chi connectivity index (χ0n) is 8.85. The van der Waals surface area contributed by atoms with Crippen LogP contribution in [0.2, 0.25) is 0 Å². The maximum Gasteiger partial charge on any atom is 0.264 e. The van der Waals surface area contributed by atoms with Crippen molar-refractivity contribution in [3.63, 3.8) is 0 Å². The quantitative estimate of drug-likeness (QED) is 0.772. The number of hydrogen-bond acceptors (Lipinski definition) is 5. The number of carbonyl (C=O) groups excluding carboxylic acids is 1. The minimum atomic E-state index is -0.218. The molecule has 5 nitrogen and oxygen atoms in total. The number of amidine groups is 1. The summed E-state index contributed by atoms with van der Waals surface area (Å²) in [6.45, 7) is 1.91. The lowest BCUT2D eigenvalue weighted by molar-refractivity contribution is -0.115. The molecule has 1 aliphatic rings. The van der Waals surface area contributed by atoms with E-state index < -0.39 is 0 Å². The number of carbonyl (C=O) groups is 1. The fraction of sp³-hybridized carbons (Fsp3) is 0.100. The first-order chi connectivity index (χ1) is 8.15. The van der Waals surface area contributed by atoms with Crippen molar-refractivity contribution >= 4 is 45.2 Å². The van der Waals surface area contributed by atoms with Crippen LogP contribution in [0.5, 0.6) is 0 Å². The molecule has 17 heavy (non-hydrogen) atoms. The number of amides is 1. The fourth-order valence-electron chi connectivity index (χ4n) is 1.65. The Kier molecular flexibility index (Phi) is 2.30. The molecular weight excluding hydrogens is 256 g/mol. The molecule has 1 amide bonds. The SMILES string of the molecule is Cc1nc2sccn2c1/C=C1\SC(=N)NC1=O. The summed E-state index contributed by atoms with van der Waals surface area (Å²) in [5.74, 6) is -0.218. The number of rotatable bonds is 1. The highest BCUT2D eigenvalue weighted by atomic mass is 32.2. The first-order valence-corrected chi connectivity index (χ1v) is 6.56. The van der Waals surface area contributed by atoms with Gasteiger partial charge in [0.25, 0.3) is 5.91 Å². The molecule has 0 atom stereocenters. The number of aromatic nitrogens is 2. The van der Waals surface area contributed by atoms with Crippen LogP contribution in [0.4, 0.5) is 0 Å². The van der Waals surface area contributed by atoms with Crippen LogP contribution in [-0.2, 0) is 4.79 Å². The number of thioether (sulfide) groups is 1. The molecule has 0 radical (unpaired) electrons. The van der Waals surface area contributed by atoms with Crippen LogP contribution in [0.3, 0.4) is 0 Å². The molecule has 0 unspecified atom stereocenters. The van der Waals surface area contributed by atoms with Crippen LogP contribution in [0.25, 0.3) is 11.0 Å². The minimum absolute atomic E-state index is 0.171. The molecule has 7 heteroatoms. The number of fused-ring (bicyclic) bond motifs is 1. The molecule has 0 bridgehead atoms. The Bertz CT molecular complexity index is 667. The van der Waals surface area contributed by atoms with Crippen LogP contribution in [0, 0.1) is 12.3 Å². The lowest BCUT2D eigenvalue weighted by Gasteiger charge is -1.94. The molecule has 0 aliphatic carbocycles. The lowest BCUT2D eigenvalue weighted by Crippen LogP contribution is -2.18. The molecule has 3 rings (SSSR count). The fourth-order valence-corrected chi connectivity index (χ4v) is 3.10. The van der Waals surface area contributed by atoms with E-state index >= 15 is 0 Å². The highest BCUT2D eigenvalue weighted by Crippen LogP contribution is 2.27. The topological polar surface area (TPSA) is 70.2 Å². The molecule has 1 aliphatic heterocycles. The molecule has 2 N–H and O–H groups in total. The summed E-state index contributed by atoms with van der Waals surface area (Å²) < 4.78 is 1.95. The third-order valence-corrected chi connectivity index (χ3v) is 4.00. The van der Waals surface area contributed by atoms with Gasteiger partial charge in [-0.15, -0.1) is 11.3 Å². The normalized spacial score (nSPS) is 18.3. The second-order valence-corrected chi connectivity index (χ2v) is 5.46. The number of thiazole rings is 1. The number of nitrogens with zero attached hydrogens (tertiary/aromatic N) is 2. The summed E-state index contributed by atoms with van der Waals surface area (Å²) in [7, 11) is 0. The van der Waals surface area contributed by atoms with Crippen molar-refractivity contribution in [2.45, 2.75) is 6.92 Å². The highest BCUT2D eigenvalue weighted by Gasteiger charge is 2.23. The molecule has 2 aromatic heterocycles. The van der Waals surface area contributed by atoms with E-state index in [0.717, 1.165) is 28.1 Å². The van der Waals surface area contributed by atoms with Crippen molar-refractivity contribution in [3.8, 4) is 0 Å². The number of aryl methyl sites for hydroxylation is 1. The van der Waals surface area contributed by atoms with E-state index in [9.17, 15) is 4.79 Å². The Balaban J connectivity index is 2.13. The summed E-state index contributed by atoms with van der Waals surface area (Å²) in [6.07, 6.45) is 3.71.